The van der Waals surface area contributed by atoms with Crippen molar-refractivity contribution in [3.8, 4) is 17.2 Å². The van der Waals surface area contributed by atoms with E-state index in [2.05, 4.69) is 15.9 Å². The third-order valence-corrected chi connectivity index (χ3v) is 6.47. The van der Waals surface area contributed by atoms with Crippen molar-refractivity contribution in [3.63, 3.8) is 0 Å². The number of methoxy groups -OCH3 is 3. The molecule has 0 spiro atoms. The predicted molar refractivity (Wildman–Crippen MR) is 104 cm³/mol. The van der Waals surface area contributed by atoms with Gasteiger partial charge in [0.1, 0.15) is 5.75 Å². The molecule has 0 saturated heterocycles. The summed E-state index contributed by atoms with van der Waals surface area (Å²) in [5.74, 6) is 1.84. The van der Waals surface area contributed by atoms with Crippen molar-refractivity contribution in [2.45, 2.75) is 11.3 Å². The number of halogens is 1. The first-order chi connectivity index (χ1) is 12.3. The Labute approximate surface area is 162 Å². The lowest BCUT2D eigenvalue weighted by molar-refractivity contribution is 0.354. The second-order valence-electron chi connectivity index (χ2n) is 5.56. The van der Waals surface area contributed by atoms with Crippen LogP contribution in [0.5, 0.6) is 17.2 Å². The van der Waals surface area contributed by atoms with Crippen LogP contribution in [0.25, 0.3) is 0 Å². The summed E-state index contributed by atoms with van der Waals surface area (Å²) >= 11 is 3.32. The molecule has 0 fully saturated rings. The highest BCUT2D eigenvalue weighted by atomic mass is 79.9. The molecule has 0 radical (unpaired) electrons. The number of hydrogen-bond acceptors (Lipinski definition) is 5. The van der Waals surface area contributed by atoms with Crippen molar-refractivity contribution in [3.05, 3.63) is 46.4 Å². The summed E-state index contributed by atoms with van der Waals surface area (Å²) in [4.78, 5) is 0.208. The Morgan fingerprint density at radius 2 is 1.54 bits per heavy atom. The second kappa shape index (κ2) is 8.75. The van der Waals surface area contributed by atoms with Gasteiger partial charge in [0.2, 0.25) is 10.0 Å². The smallest absolute Gasteiger partial charge is 0.242 e. The van der Waals surface area contributed by atoms with E-state index in [1.807, 2.05) is 18.2 Å². The van der Waals surface area contributed by atoms with Gasteiger partial charge >= 0.3 is 0 Å². The quantitative estimate of drug-likeness (QED) is 0.625. The van der Waals surface area contributed by atoms with Crippen molar-refractivity contribution in [1.82, 2.24) is 4.31 Å². The molecule has 0 aliphatic carbocycles. The normalized spacial score (nSPS) is 11.5. The van der Waals surface area contributed by atoms with Gasteiger partial charge in [-0.15, -0.1) is 0 Å². The summed E-state index contributed by atoms with van der Waals surface area (Å²) in [6.45, 7) is 0.335. The molecule has 0 aromatic heterocycles. The van der Waals surface area contributed by atoms with Gasteiger partial charge in [-0.05, 0) is 58.2 Å². The van der Waals surface area contributed by atoms with Gasteiger partial charge in [0, 0.05) is 13.6 Å². The molecule has 2 aromatic carbocycles. The van der Waals surface area contributed by atoms with Crippen LogP contribution in [0.3, 0.4) is 0 Å². The molecule has 142 valence electrons. The average Bonchev–Trinajstić information content (AvgIpc) is 2.65. The summed E-state index contributed by atoms with van der Waals surface area (Å²) in [5, 5.41) is 0. The number of hydrogen-bond donors (Lipinski definition) is 0. The summed E-state index contributed by atoms with van der Waals surface area (Å²) in [5.41, 5.74) is 0.959. The highest BCUT2D eigenvalue weighted by Crippen LogP contribution is 2.29. The Bertz CT molecular complexity index is 870. The maximum absolute atomic E-state index is 12.7. The highest BCUT2D eigenvalue weighted by Gasteiger charge is 2.21. The van der Waals surface area contributed by atoms with E-state index in [-0.39, 0.29) is 4.90 Å². The van der Waals surface area contributed by atoms with Gasteiger partial charge in [0.25, 0.3) is 0 Å². The van der Waals surface area contributed by atoms with E-state index in [1.54, 1.807) is 33.4 Å². The molecule has 0 heterocycles. The van der Waals surface area contributed by atoms with Crippen LogP contribution in [-0.2, 0) is 16.4 Å². The maximum Gasteiger partial charge on any atom is 0.242 e. The molecule has 26 heavy (non-hydrogen) atoms. The summed E-state index contributed by atoms with van der Waals surface area (Å²) in [6.07, 6.45) is 0.549. The standard InChI is InChI=1S/C18H22BrNO5S/c1-20(10-9-13-5-7-17(24-3)18(11-13)25-4)26(21,22)14-6-8-16(23-2)15(19)12-14/h5-8,11-12H,9-10H2,1-4H3. The molecule has 0 N–H and O–H groups in total. The number of rotatable bonds is 8. The topological polar surface area (TPSA) is 65.1 Å². The monoisotopic (exact) mass is 443 g/mol. The lowest BCUT2D eigenvalue weighted by Gasteiger charge is -2.18. The number of likely N-dealkylation sites (N-methyl/N-ethyl adjacent to an activating group) is 1. The van der Waals surface area contributed by atoms with Crippen molar-refractivity contribution >= 4 is 26.0 Å². The zero-order valence-electron chi connectivity index (χ0n) is 15.2. The van der Waals surface area contributed by atoms with Gasteiger partial charge in [-0.1, -0.05) is 6.07 Å². The van der Waals surface area contributed by atoms with Crippen molar-refractivity contribution in [2.24, 2.45) is 0 Å². The first-order valence-corrected chi connectivity index (χ1v) is 10.1. The van der Waals surface area contributed by atoms with Crippen LogP contribution in [0.4, 0.5) is 0 Å². The van der Waals surface area contributed by atoms with Gasteiger partial charge in [-0.2, -0.15) is 0 Å². The Hall–Kier alpha value is -1.77. The SMILES string of the molecule is COc1ccc(S(=O)(=O)N(C)CCc2ccc(OC)c(OC)c2)cc1Br. The summed E-state index contributed by atoms with van der Waals surface area (Å²) < 4.78 is 43.1. The van der Waals surface area contributed by atoms with Crippen LogP contribution in [0, 0.1) is 0 Å². The molecule has 0 atom stereocenters. The Morgan fingerprint density at radius 3 is 2.12 bits per heavy atom. The Balaban J connectivity index is 2.13. The van der Waals surface area contributed by atoms with Gasteiger partial charge < -0.3 is 14.2 Å². The minimum Gasteiger partial charge on any atom is -0.496 e. The van der Waals surface area contributed by atoms with E-state index in [0.29, 0.717) is 34.7 Å². The van der Waals surface area contributed by atoms with E-state index < -0.39 is 10.0 Å². The van der Waals surface area contributed by atoms with E-state index in [9.17, 15) is 8.42 Å². The Morgan fingerprint density at radius 1 is 0.923 bits per heavy atom. The first-order valence-electron chi connectivity index (χ1n) is 7.84. The number of ether oxygens (including phenoxy) is 3. The van der Waals surface area contributed by atoms with Crippen LogP contribution in [-0.4, -0.2) is 47.6 Å². The number of sulfonamides is 1. The molecule has 6 nitrogen and oxygen atoms in total. The van der Waals surface area contributed by atoms with Gasteiger partial charge in [-0.3, -0.25) is 0 Å². The number of benzene rings is 2. The van der Waals surface area contributed by atoms with E-state index in [1.165, 1.54) is 17.5 Å². The molecule has 0 aliphatic heterocycles. The molecule has 0 bridgehead atoms. The largest absolute Gasteiger partial charge is 0.496 e. The Kier molecular flexibility index (Phi) is 6.91. The molecular weight excluding hydrogens is 422 g/mol. The zero-order chi connectivity index (χ0) is 19.3. The van der Waals surface area contributed by atoms with Crippen LogP contribution < -0.4 is 14.2 Å². The lowest BCUT2D eigenvalue weighted by Crippen LogP contribution is -2.29. The van der Waals surface area contributed by atoms with Crippen molar-refractivity contribution in [1.29, 1.82) is 0 Å². The fourth-order valence-corrected chi connectivity index (χ4v) is 4.32. The number of nitrogens with zero attached hydrogens (tertiary/aromatic N) is 1. The molecule has 0 amide bonds. The maximum atomic E-state index is 12.7. The van der Waals surface area contributed by atoms with Gasteiger partial charge in [0.05, 0.1) is 30.7 Å². The molecular formula is C18H22BrNO5S. The fraction of sp³-hybridized carbons (Fsp3) is 0.333. The molecule has 0 saturated carbocycles. The van der Waals surface area contributed by atoms with E-state index in [0.717, 1.165) is 5.56 Å². The molecule has 2 rings (SSSR count). The van der Waals surface area contributed by atoms with Gasteiger partial charge in [-0.25, -0.2) is 12.7 Å². The molecule has 0 aliphatic rings. The first kappa shape index (κ1) is 20.5. The third-order valence-electron chi connectivity index (χ3n) is 3.99. The highest BCUT2D eigenvalue weighted by molar-refractivity contribution is 9.10. The average molecular weight is 444 g/mol. The van der Waals surface area contributed by atoms with Crippen LogP contribution in [0.1, 0.15) is 5.56 Å². The van der Waals surface area contributed by atoms with Gasteiger partial charge in [0.15, 0.2) is 11.5 Å². The summed E-state index contributed by atoms with van der Waals surface area (Å²) in [6, 6.07) is 10.3. The third kappa shape index (κ3) is 4.49. The van der Waals surface area contributed by atoms with E-state index in [4.69, 9.17) is 14.2 Å². The van der Waals surface area contributed by atoms with Crippen LogP contribution in [0.15, 0.2) is 45.8 Å². The molecule has 0 unspecified atom stereocenters. The predicted octanol–water partition coefficient (Wildman–Crippen LogP) is 3.34. The zero-order valence-corrected chi connectivity index (χ0v) is 17.6. The van der Waals surface area contributed by atoms with Crippen LogP contribution >= 0.6 is 15.9 Å². The van der Waals surface area contributed by atoms with E-state index >= 15 is 0 Å². The molecule has 8 heteroatoms. The second-order valence-corrected chi connectivity index (χ2v) is 8.46. The van der Waals surface area contributed by atoms with Crippen molar-refractivity contribution < 1.29 is 22.6 Å². The fourth-order valence-electron chi connectivity index (χ4n) is 2.43. The summed E-state index contributed by atoms with van der Waals surface area (Å²) in [7, 11) is 2.65. The minimum absolute atomic E-state index is 0.208. The lowest BCUT2D eigenvalue weighted by atomic mass is 10.1. The van der Waals surface area contributed by atoms with Crippen LogP contribution in [0.2, 0.25) is 0 Å². The van der Waals surface area contributed by atoms with Crippen molar-refractivity contribution in [2.75, 3.05) is 34.9 Å². The molecule has 2 aromatic rings. The minimum atomic E-state index is -3.59.